The Bertz CT molecular complexity index is 677. The number of hydrogen-bond donors (Lipinski definition) is 0. The molecule has 0 radical (unpaired) electrons. The van der Waals surface area contributed by atoms with E-state index >= 15 is 0 Å². The van der Waals surface area contributed by atoms with Crippen LogP contribution in [0.4, 0.5) is 11.4 Å². The molecule has 0 aromatic heterocycles. The molecule has 1 rings (SSSR count). The van der Waals surface area contributed by atoms with E-state index < -0.39 is 37.6 Å². The first-order valence-electron chi connectivity index (χ1n) is 6.41. The highest BCUT2D eigenvalue weighted by Gasteiger charge is 2.28. The van der Waals surface area contributed by atoms with E-state index in [1.54, 1.807) is 0 Å². The van der Waals surface area contributed by atoms with Gasteiger partial charge < -0.3 is 14.2 Å². The number of alkyl halides is 3. The molecule has 0 heterocycles. The number of esters is 1. The van der Waals surface area contributed by atoms with Crippen LogP contribution in [0.2, 0.25) is 0 Å². The van der Waals surface area contributed by atoms with Crippen molar-refractivity contribution in [3.05, 3.63) is 32.4 Å². The summed E-state index contributed by atoms with van der Waals surface area (Å²) in [5.74, 6) is -0.984. The molecule has 138 valence electrons. The molecular weight excluding hydrogens is 406 g/mol. The molecule has 0 atom stereocenters. The molecule has 0 spiro atoms. The number of ether oxygens (including phenoxy) is 3. The molecule has 1 aromatic rings. The highest BCUT2D eigenvalue weighted by atomic mass is 35.6. The third-order valence-electron chi connectivity index (χ3n) is 2.61. The van der Waals surface area contributed by atoms with Crippen molar-refractivity contribution in [2.75, 3.05) is 20.3 Å². The Hall–Kier alpha value is -2.04. The number of carbonyl (C=O) groups excluding carboxylic acids is 1. The van der Waals surface area contributed by atoms with Gasteiger partial charge in [0.05, 0.1) is 42.1 Å². The predicted octanol–water partition coefficient (Wildman–Crippen LogP) is 3.19. The maximum Gasteiger partial charge on any atom is 0.350 e. The van der Waals surface area contributed by atoms with Crippen LogP contribution in [-0.4, -0.2) is 39.9 Å². The van der Waals surface area contributed by atoms with Crippen molar-refractivity contribution >= 4 is 52.1 Å². The SMILES string of the molecule is COc1cc([N+](=O)[O-])c([N+](=O)[O-])cc1OCCC(=O)OCC(Cl)(Cl)Cl. The number of nitro benzene ring substituents is 2. The average molecular weight is 418 g/mol. The molecule has 0 aliphatic heterocycles. The van der Waals surface area contributed by atoms with Crippen LogP contribution >= 0.6 is 34.8 Å². The van der Waals surface area contributed by atoms with E-state index in [9.17, 15) is 25.0 Å². The minimum absolute atomic E-state index is 0.105. The molecule has 0 saturated carbocycles. The van der Waals surface area contributed by atoms with Crippen LogP contribution in [0, 0.1) is 20.2 Å². The Kier molecular flexibility index (Phi) is 7.46. The quantitative estimate of drug-likeness (QED) is 0.273. The smallest absolute Gasteiger partial charge is 0.350 e. The van der Waals surface area contributed by atoms with Crippen LogP contribution < -0.4 is 9.47 Å². The molecule has 0 amide bonds. The van der Waals surface area contributed by atoms with Gasteiger partial charge in [-0.15, -0.1) is 0 Å². The number of methoxy groups -OCH3 is 1. The average Bonchev–Trinajstić information content (AvgIpc) is 2.51. The fourth-order valence-electron chi connectivity index (χ4n) is 1.58. The lowest BCUT2D eigenvalue weighted by atomic mass is 10.2. The lowest BCUT2D eigenvalue weighted by Gasteiger charge is -2.12. The summed E-state index contributed by atoms with van der Waals surface area (Å²) in [7, 11) is 1.20. The van der Waals surface area contributed by atoms with Gasteiger partial charge in [-0.2, -0.15) is 0 Å². The van der Waals surface area contributed by atoms with Gasteiger partial charge in [0.15, 0.2) is 11.5 Å². The summed E-state index contributed by atoms with van der Waals surface area (Å²) in [5.41, 5.74) is -1.53. The number of carbonyl (C=O) groups is 1. The zero-order valence-corrected chi connectivity index (χ0v) is 14.8. The van der Waals surface area contributed by atoms with Crippen LogP contribution in [-0.2, 0) is 9.53 Å². The molecule has 10 nitrogen and oxygen atoms in total. The zero-order chi connectivity index (χ0) is 19.2. The molecule has 1 aromatic carbocycles. The molecule has 0 aliphatic rings. The largest absolute Gasteiger partial charge is 0.493 e. The van der Waals surface area contributed by atoms with Crippen LogP contribution in [0.25, 0.3) is 0 Å². The zero-order valence-electron chi connectivity index (χ0n) is 12.6. The number of nitro groups is 2. The third kappa shape index (κ3) is 6.77. The Morgan fingerprint density at radius 2 is 1.64 bits per heavy atom. The van der Waals surface area contributed by atoms with E-state index in [1.807, 2.05) is 0 Å². The molecule has 13 heteroatoms. The maximum absolute atomic E-state index is 11.4. The van der Waals surface area contributed by atoms with Gasteiger partial charge in [-0.05, 0) is 0 Å². The molecule has 0 bridgehead atoms. The summed E-state index contributed by atoms with van der Waals surface area (Å²) in [4.78, 5) is 31.4. The summed E-state index contributed by atoms with van der Waals surface area (Å²) < 4.78 is 13.0. The van der Waals surface area contributed by atoms with Gasteiger partial charge in [-0.25, -0.2) is 0 Å². The summed E-state index contributed by atoms with van der Waals surface area (Å²) in [6, 6.07) is 1.69. The van der Waals surface area contributed by atoms with Gasteiger partial charge in [-0.1, -0.05) is 34.8 Å². The Labute approximate surface area is 155 Å². The number of rotatable bonds is 8. The standard InChI is InChI=1S/C12H11Cl3N2O8/c1-23-9-4-7(16(19)20)8(17(21)22)5-10(9)24-3-2-11(18)25-6-12(13,14)15/h4-5H,2-3,6H2,1H3. The number of nitrogens with zero attached hydrogens (tertiary/aromatic N) is 2. The number of halogens is 3. The maximum atomic E-state index is 11.4. The van der Waals surface area contributed by atoms with Gasteiger partial charge in [0, 0.05) is 0 Å². The van der Waals surface area contributed by atoms with Gasteiger partial charge in [0.25, 0.3) is 0 Å². The van der Waals surface area contributed by atoms with E-state index in [0.717, 1.165) is 12.1 Å². The van der Waals surface area contributed by atoms with E-state index in [1.165, 1.54) is 7.11 Å². The second-order valence-corrected chi connectivity index (χ2v) is 6.90. The fourth-order valence-corrected chi connectivity index (χ4v) is 1.75. The van der Waals surface area contributed by atoms with Crippen molar-refractivity contribution in [2.45, 2.75) is 10.2 Å². The Morgan fingerprint density at radius 1 is 1.12 bits per heavy atom. The second-order valence-electron chi connectivity index (χ2n) is 4.38. The van der Waals surface area contributed by atoms with E-state index in [-0.39, 0.29) is 24.5 Å². The van der Waals surface area contributed by atoms with Crippen LogP contribution in [0.15, 0.2) is 12.1 Å². The van der Waals surface area contributed by atoms with Crippen molar-refractivity contribution in [2.24, 2.45) is 0 Å². The van der Waals surface area contributed by atoms with Crippen molar-refractivity contribution < 1.29 is 28.9 Å². The van der Waals surface area contributed by atoms with Gasteiger partial charge >= 0.3 is 17.3 Å². The topological polar surface area (TPSA) is 131 Å². The highest BCUT2D eigenvalue weighted by Crippen LogP contribution is 2.38. The first-order chi connectivity index (χ1) is 11.5. The van der Waals surface area contributed by atoms with Gasteiger partial charge in [0.2, 0.25) is 3.79 Å². The molecule has 0 unspecified atom stereocenters. The lowest BCUT2D eigenvalue weighted by Crippen LogP contribution is -2.18. The lowest BCUT2D eigenvalue weighted by molar-refractivity contribution is -0.422. The van der Waals surface area contributed by atoms with Crippen molar-refractivity contribution in [3.8, 4) is 11.5 Å². The molecule has 0 fully saturated rings. The first kappa shape index (κ1) is 21.0. The normalized spacial score (nSPS) is 10.9. The van der Waals surface area contributed by atoms with Crippen LogP contribution in [0.1, 0.15) is 6.42 Å². The molecule has 0 N–H and O–H groups in total. The Morgan fingerprint density at radius 3 is 2.08 bits per heavy atom. The first-order valence-corrected chi connectivity index (χ1v) is 7.54. The summed E-state index contributed by atoms with van der Waals surface area (Å²) in [6.45, 7) is -0.702. The van der Waals surface area contributed by atoms with Crippen molar-refractivity contribution in [1.82, 2.24) is 0 Å². The van der Waals surface area contributed by atoms with E-state index in [0.29, 0.717) is 0 Å². The van der Waals surface area contributed by atoms with E-state index in [4.69, 9.17) is 44.3 Å². The minimum atomic E-state index is -1.75. The molecular formula is C12H11Cl3N2O8. The summed E-state index contributed by atoms with van der Waals surface area (Å²) in [5, 5.41) is 21.8. The molecule has 0 saturated heterocycles. The number of hydrogen-bond acceptors (Lipinski definition) is 8. The highest BCUT2D eigenvalue weighted by molar-refractivity contribution is 6.67. The summed E-state index contributed by atoms with van der Waals surface area (Å²) >= 11 is 16.3. The van der Waals surface area contributed by atoms with Crippen molar-refractivity contribution in [3.63, 3.8) is 0 Å². The minimum Gasteiger partial charge on any atom is -0.493 e. The number of benzene rings is 1. The third-order valence-corrected chi connectivity index (χ3v) is 2.94. The van der Waals surface area contributed by atoms with Gasteiger partial charge in [0.1, 0.15) is 6.61 Å². The van der Waals surface area contributed by atoms with Crippen LogP contribution in [0.5, 0.6) is 11.5 Å². The van der Waals surface area contributed by atoms with Crippen molar-refractivity contribution in [1.29, 1.82) is 0 Å². The monoisotopic (exact) mass is 416 g/mol. The van der Waals surface area contributed by atoms with Crippen LogP contribution in [0.3, 0.4) is 0 Å². The summed E-state index contributed by atoms with van der Waals surface area (Å²) in [6.07, 6.45) is -0.255. The molecule has 0 aliphatic carbocycles. The van der Waals surface area contributed by atoms with E-state index in [2.05, 4.69) is 4.74 Å². The Balaban J connectivity index is 2.81. The molecule has 25 heavy (non-hydrogen) atoms. The second kappa shape index (κ2) is 8.88. The van der Waals surface area contributed by atoms with Gasteiger partial charge in [-0.3, -0.25) is 25.0 Å². The predicted molar refractivity (Wildman–Crippen MR) is 87.7 cm³/mol. The fraction of sp³-hybridized carbons (Fsp3) is 0.417.